The lowest BCUT2D eigenvalue weighted by Gasteiger charge is -2.49. The summed E-state index contributed by atoms with van der Waals surface area (Å²) in [6.45, 7) is 19.6. The van der Waals surface area contributed by atoms with Gasteiger partial charge in [0, 0.05) is 27.2 Å². The molecule has 16 heteroatoms. The molecule has 57 heavy (non-hydrogen) atoms. The summed E-state index contributed by atoms with van der Waals surface area (Å²) in [5.41, 5.74) is 0.804. The third-order valence-corrected chi connectivity index (χ3v) is 23.2. The Morgan fingerprint density at radius 1 is 0.719 bits per heavy atom. The normalized spacial score (nSPS) is 29.9. The number of carbonyl (C=O) groups excluding carboxylic acids is 1. The van der Waals surface area contributed by atoms with Crippen LogP contribution in [-0.2, 0) is 42.0 Å². The molecule has 4 rings (SSSR count). The van der Waals surface area contributed by atoms with Crippen LogP contribution in [0.25, 0.3) is 0 Å². The zero-order chi connectivity index (χ0) is 42.1. The minimum absolute atomic E-state index is 0.178. The maximum Gasteiger partial charge on any atom is 0.342 e. The minimum atomic E-state index is -2.24. The molecule has 0 spiro atoms. The molecule has 0 radical (unpaired) electrons. The van der Waals surface area contributed by atoms with Crippen LogP contribution in [0.2, 0.25) is 36.3 Å². The fraction of sp³-hybridized carbons (Fsp3) is 0.829. The van der Waals surface area contributed by atoms with Crippen LogP contribution < -0.4 is 14.2 Å². The Kier molecular flexibility index (Phi) is 18.9. The van der Waals surface area contributed by atoms with Crippen LogP contribution in [0.3, 0.4) is 0 Å². The maximum atomic E-state index is 14.4. The standard InChI is InChI=1S/C41H71IO13Si2/c1-14-56(15-2,16-3)54-34-27(9)50-41(39(37(34)46-12)55-57(17-4,18-5)19-6)53-36-32(42)25(7)31(35(45-11)38(36)47-13)40(43)52-33-26(8)49-30(44-10)24-28(33)51-29-22-20-21-23-48-29/h26-30,33-34,37,39,41H,14-24H2,1-13H3/t26-,27+,28+,29?,30+,33-,34+,37-,39-,41+/m1/s1. The molecule has 1 aromatic rings. The van der Waals surface area contributed by atoms with Gasteiger partial charge in [-0.1, -0.05) is 41.5 Å². The first kappa shape index (κ1) is 48.6. The van der Waals surface area contributed by atoms with Gasteiger partial charge in [0.1, 0.15) is 23.9 Å². The van der Waals surface area contributed by atoms with Gasteiger partial charge >= 0.3 is 5.97 Å². The van der Waals surface area contributed by atoms with Crippen molar-refractivity contribution in [2.75, 3.05) is 35.0 Å². The number of halogens is 1. The van der Waals surface area contributed by atoms with E-state index in [4.69, 9.17) is 56.2 Å². The third kappa shape index (κ3) is 10.9. The van der Waals surface area contributed by atoms with Crippen LogP contribution in [0.15, 0.2) is 0 Å². The number of esters is 1. The van der Waals surface area contributed by atoms with Crippen molar-refractivity contribution in [2.24, 2.45) is 0 Å². The second-order valence-corrected chi connectivity index (χ2v) is 26.0. The zero-order valence-electron chi connectivity index (χ0n) is 36.7. The monoisotopic (exact) mass is 954 g/mol. The molecule has 0 aromatic heterocycles. The predicted molar refractivity (Wildman–Crippen MR) is 231 cm³/mol. The fourth-order valence-corrected chi connectivity index (χ4v) is 14.8. The number of hydrogen-bond acceptors (Lipinski definition) is 13. The van der Waals surface area contributed by atoms with Gasteiger partial charge in [0.2, 0.25) is 12.0 Å². The van der Waals surface area contributed by atoms with E-state index >= 15 is 0 Å². The third-order valence-electron chi connectivity index (χ3n) is 12.6. The summed E-state index contributed by atoms with van der Waals surface area (Å²) in [5, 5.41) is 0. The van der Waals surface area contributed by atoms with Crippen LogP contribution >= 0.6 is 22.6 Å². The van der Waals surface area contributed by atoms with Gasteiger partial charge in [-0.2, -0.15) is 0 Å². The van der Waals surface area contributed by atoms with E-state index < -0.39 is 72.0 Å². The van der Waals surface area contributed by atoms with E-state index in [2.05, 4.69) is 64.1 Å². The summed E-state index contributed by atoms with van der Waals surface area (Å²) < 4.78 is 77.3. The molecule has 3 saturated heterocycles. The smallest absolute Gasteiger partial charge is 0.342 e. The van der Waals surface area contributed by atoms with Gasteiger partial charge in [-0.25, -0.2) is 4.79 Å². The summed E-state index contributed by atoms with van der Waals surface area (Å²) in [6.07, 6.45) is -2.24. The first-order valence-corrected chi connectivity index (χ1v) is 27.2. The van der Waals surface area contributed by atoms with Crippen LogP contribution in [0.4, 0.5) is 0 Å². The maximum absolute atomic E-state index is 14.4. The number of ether oxygens (including phenoxy) is 10. The molecule has 3 fully saturated rings. The first-order chi connectivity index (χ1) is 27.3. The number of benzene rings is 1. The Hall–Kier alpha value is -1.07. The number of methoxy groups -OCH3 is 4. The lowest BCUT2D eigenvalue weighted by atomic mass is 9.99. The summed E-state index contributed by atoms with van der Waals surface area (Å²) in [7, 11) is 2.02. The molecule has 0 bridgehead atoms. The molecule has 1 aromatic carbocycles. The molecule has 328 valence electrons. The molecule has 0 aliphatic carbocycles. The Morgan fingerprint density at radius 3 is 1.81 bits per heavy atom. The molecule has 13 nitrogen and oxygen atoms in total. The van der Waals surface area contributed by atoms with E-state index in [1.165, 1.54) is 14.2 Å². The fourth-order valence-electron chi connectivity index (χ4n) is 8.47. The van der Waals surface area contributed by atoms with Gasteiger partial charge in [-0.05, 0) is 104 Å². The van der Waals surface area contributed by atoms with Crippen molar-refractivity contribution in [3.63, 3.8) is 0 Å². The molecule has 0 N–H and O–H groups in total. The number of rotatable bonds is 20. The van der Waals surface area contributed by atoms with Crippen molar-refractivity contribution in [1.82, 2.24) is 0 Å². The van der Waals surface area contributed by atoms with Crippen LogP contribution in [0.5, 0.6) is 17.2 Å². The van der Waals surface area contributed by atoms with Crippen LogP contribution in [0, 0.1) is 10.5 Å². The molecule has 0 amide bonds. The number of carbonyl (C=O) groups is 1. The van der Waals surface area contributed by atoms with Crippen molar-refractivity contribution in [3.8, 4) is 17.2 Å². The molecule has 0 saturated carbocycles. The molecular weight excluding hydrogens is 884 g/mol. The Morgan fingerprint density at radius 2 is 1.30 bits per heavy atom. The highest BCUT2D eigenvalue weighted by Crippen LogP contribution is 2.48. The predicted octanol–water partition coefficient (Wildman–Crippen LogP) is 8.75. The van der Waals surface area contributed by atoms with Gasteiger partial charge in [-0.3, -0.25) is 0 Å². The average molecular weight is 955 g/mol. The van der Waals surface area contributed by atoms with Gasteiger partial charge in [0.05, 0.1) is 36.1 Å². The number of hydrogen-bond donors (Lipinski definition) is 0. The van der Waals surface area contributed by atoms with Crippen molar-refractivity contribution in [2.45, 2.75) is 186 Å². The quantitative estimate of drug-likeness (QED) is 0.0703. The Balaban J connectivity index is 1.74. The SMILES string of the molecule is CC[Si](CC)(CC)O[C@@H]1[C@@H](OC)[C@@H](O[Si](CC)(CC)CC)[C@H](Oc2c(I)c(C)c(C(=O)O[C@H]3[C@@H](OC4CCCCO4)C[C@@H](OC)O[C@@H]3C)c(OC)c2OC)O[C@H]1C. The summed E-state index contributed by atoms with van der Waals surface area (Å²) in [5.74, 6) is 0.174. The topological polar surface area (TPSA) is 128 Å². The Bertz CT molecular complexity index is 1410. The van der Waals surface area contributed by atoms with E-state index in [0.717, 1.165) is 55.5 Å². The van der Waals surface area contributed by atoms with E-state index in [-0.39, 0.29) is 29.3 Å². The molecular formula is C41H71IO13Si2. The van der Waals surface area contributed by atoms with Crippen molar-refractivity contribution in [3.05, 3.63) is 14.7 Å². The highest BCUT2D eigenvalue weighted by Gasteiger charge is 2.53. The minimum Gasteiger partial charge on any atom is -0.492 e. The summed E-state index contributed by atoms with van der Waals surface area (Å²) in [6, 6.07) is 5.77. The largest absolute Gasteiger partial charge is 0.492 e. The summed E-state index contributed by atoms with van der Waals surface area (Å²) >= 11 is 2.19. The van der Waals surface area contributed by atoms with Crippen molar-refractivity contribution >= 4 is 45.2 Å². The van der Waals surface area contributed by atoms with E-state index in [9.17, 15) is 4.79 Å². The zero-order valence-corrected chi connectivity index (χ0v) is 40.9. The molecule has 3 aliphatic rings. The van der Waals surface area contributed by atoms with Crippen LogP contribution in [-0.4, -0.2) is 119 Å². The molecule has 10 atom stereocenters. The lowest BCUT2D eigenvalue weighted by Crippen LogP contribution is -2.65. The van der Waals surface area contributed by atoms with Gasteiger partial charge in [-0.15, -0.1) is 0 Å². The molecule has 3 heterocycles. The summed E-state index contributed by atoms with van der Waals surface area (Å²) in [4.78, 5) is 14.4. The van der Waals surface area contributed by atoms with E-state index in [1.807, 2.05) is 20.8 Å². The van der Waals surface area contributed by atoms with Crippen molar-refractivity contribution in [1.29, 1.82) is 0 Å². The Labute approximate surface area is 357 Å². The highest BCUT2D eigenvalue weighted by atomic mass is 127. The highest BCUT2D eigenvalue weighted by molar-refractivity contribution is 14.1. The van der Waals surface area contributed by atoms with Gasteiger partial charge in [0.25, 0.3) is 0 Å². The van der Waals surface area contributed by atoms with Gasteiger partial charge in [0.15, 0.2) is 46.8 Å². The lowest BCUT2D eigenvalue weighted by molar-refractivity contribution is -0.279. The van der Waals surface area contributed by atoms with Crippen LogP contribution in [0.1, 0.15) is 97.0 Å². The molecule has 1 unspecified atom stereocenters. The van der Waals surface area contributed by atoms with Crippen molar-refractivity contribution < 1.29 is 61.0 Å². The second kappa shape index (κ2) is 22.2. The average Bonchev–Trinajstić information content (AvgIpc) is 3.23. The molecule has 3 aliphatic heterocycles. The van der Waals surface area contributed by atoms with Gasteiger partial charge < -0.3 is 56.2 Å². The van der Waals surface area contributed by atoms with E-state index in [0.29, 0.717) is 27.9 Å². The first-order valence-electron chi connectivity index (χ1n) is 21.1. The second-order valence-electron chi connectivity index (χ2n) is 15.5. The van der Waals surface area contributed by atoms with E-state index in [1.54, 1.807) is 14.2 Å².